The van der Waals surface area contributed by atoms with Gasteiger partial charge in [-0.3, -0.25) is 4.68 Å². The number of anilines is 1. The molecule has 0 radical (unpaired) electrons. The molecular weight excluding hydrogens is 286 g/mol. The molecule has 0 spiro atoms. The van der Waals surface area contributed by atoms with E-state index in [0.29, 0.717) is 12.1 Å². The number of aryl methyl sites for hydroxylation is 1. The molecule has 6 heteroatoms. The van der Waals surface area contributed by atoms with Crippen molar-refractivity contribution in [1.29, 1.82) is 0 Å². The van der Waals surface area contributed by atoms with E-state index in [1.807, 2.05) is 12.1 Å². The van der Waals surface area contributed by atoms with E-state index in [1.165, 1.54) is 5.56 Å². The molecule has 2 aromatic rings. The van der Waals surface area contributed by atoms with Gasteiger partial charge in [0.15, 0.2) is 9.84 Å². The number of nitrogens with zero attached hydrogens (tertiary/aromatic N) is 2. The molecule has 1 aliphatic heterocycles. The predicted molar refractivity (Wildman–Crippen MR) is 83.8 cm³/mol. The van der Waals surface area contributed by atoms with Crippen molar-refractivity contribution in [2.75, 3.05) is 17.2 Å². The summed E-state index contributed by atoms with van der Waals surface area (Å²) in [6, 6.07) is 8.04. The molecule has 2 heterocycles. The molecule has 5 nitrogen and oxygen atoms in total. The molecule has 1 fully saturated rings. The first-order chi connectivity index (χ1) is 9.98. The monoisotopic (exact) mass is 305 g/mol. The van der Waals surface area contributed by atoms with Gasteiger partial charge in [0.05, 0.1) is 23.2 Å². The van der Waals surface area contributed by atoms with Crippen LogP contribution in [0, 0.1) is 0 Å². The SMILES string of the molecule is CCc1ccc(-c2nn(C3CCS(=O)(=O)C3)cc2N)cc1. The molecule has 1 aliphatic rings. The van der Waals surface area contributed by atoms with Crippen LogP contribution >= 0.6 is 0 Å². The van der Waals surface area contributed by atoms with Gasteiger partial charge in [0.2, 0.25) is 0 Å². The second kappa shape index (κ2) is 5.18. The number of hydrogen-bond acceptors (Lipinski definition) is 4. The Morgan fingerprint density at radius 2 is 2.05 bits per heavy atom. The Balaban J connectivity index is 1.90. The van der Waals surface area contributed by atoms with Crippen LogP contribution in [0.1, 0.15) is 24.9 Å². The lowest BCUT2D eigenvalue weighted by Gasteiger charge is -2.07. The third kappa shape index (κ3) is 2.81. The number of nitrogens with two attached hydrogens (primary N) is 1. The molecule has 1 unspecified atom stereocenters. The summed E-state index contributed by atoms with van der Waals surface area (Å²) in [6.07, 6.45) is 3.34. The van der Waals surface area contributed by atoms with Crippen molar-refractivity contribution < 1.29 is 8.42 Å². The average molecular weight is 305 g/mol. The van der Waals surface area contributed by atoms with Gasteiger partial charge in [-0.05, 0) is 18.4 Å². The minimum atomic E-state index is -2.92. The Labute approximate surface area is 124 Å². The van der Waals surface area contributed by atoms with E-state index >= 15 is 0 Å². The fraction of sp³-hybridized carbons (Fsp3) is 0.400. The Bertz CT molecular complexity index is 748. The van der Waals surface area contributed by atoms with Crippen LogP contribution in [0.2, 0.25) is 0 Å². The number of hydrogen-bond donors (Lipinski definition) is 1. The Kier molecular flexibility index (Phi) is 3.49. The fourth-order valence-electron chi connectivity index (χ4n) is 2.70. The Hall–Kier alpha value is -1.82. The first kappa shape index (κ1) is 14.1. The highest BCUT2D eigenvalue weighted by atomic mass is 32.2. The van der Waals surface area contributed by atoms with Crippen molar-refractivity contribution in [3.63, 3.8) is 0 Å². The van der Waals surface area contributed by atoms with Crippen LogP contribution in [-0.4, -0.2) is 29.7 Å². The molecule has 21 heavy (non-hydrogen) atoms. The summed E-state index contributed by atoms with van der Waals surface area (Å²) >= 11 is 0. The zero-order chi connectivity index (χ0) is 15.0. The van der Waals surface area contributed by atoms with Crippen molar-refractivity contribution >= 4 is 15.5 Å². The zero-order valence-electron chi connectivity index (χ0n) is 12.0. The molecule has 1 saturated heterocycles. The van der Waals surface area contributed by atoms with E-state index in [9.17, 15) is 8.42 Å². The number of sulfone groups is 1. The third-order valence-corrected chi connectivity index (χ3v) is 5.73. The van der Waals surface area contributed by atoms with Crippen molar-refractivity contribution in [1.82, 2.24) is 9.78 Å². The lowest BCUT2D eigenvalue weighted by atomic mass is 10.1. The molecule has 0 bridgehead atoms. The van der Waals surface area contributed by atoms with Crippen LogP contribution in [0.4, 0.5) is 5.69 Å². The summed E-state index contributed by atoms with van der Waals surface area (Å²) in [7, 11) is -2.92. The standard InChI is InChI=1S/C15H19N3O2S/c1-2-11-3-5-12(6-4-11)15-14(16)9-18(17-15)13-7-8-21(19,20)10-13/h3-6,9,13H,2,7-8,10,16H2,1H3. The van der Waals surface area contributed by atoms with Gasteiger partial charge in [0.25, 0.3) is 0 Å². The average Bonchev–Trinajstić information content (AvgIpc) is 3.02. The number of benzene rings is 1. The van der Waals surface area contributed by atoms with Crippen molar-refractivity contribution in [3.05, 3.63) is 36.0 Å². The second-order valence-corrected chi connectivity index (χ2v) is 7.75. The highest BCUT2D eigenvalue weighted by Gasteiger charge is 2.30. The van der Waals surface area contributed by atoms with Gasteiger partial charge in [-0.15, -0.1) is 0 Å². The summed E-state index contributed by atoms with van der Waals surface area (Å²) in [4.78, 5) is 0. The highest BCUT2D eigenvalue weighted by Crippen LogP contribution is 2.29. The van der Waals surface area contributed by atoms with Crippen LogP contribution in [0.25, 0.3) is 11.3 Å². The molecule has 1 aromatic heterocycles. The molecule has 0 saturated carbocycles. The molecule has 0 amide bonds. The quantitative estimate of drug-likeness (QED) is 0.941. The van der Waals surface area contributed by atoms with Crippen LogP contribution in [0.15, 0.2) is 30.5 Å². The normalized spacial score (nSPS) is 20.7. The molecular formula is C15H19N3O2S. The van der Waals surface area contributed by atoms with E-state index in [4.69, 9.17) is 5.73 Å². The van der Waals surface area contributed by atoms with Crippen LogP contribution in [-0.2, 0) is 16.3 Å². The van der Waals surface area contributed by atoms with Crippen LogP contribution < -0.4 is 5.73 Å². The van der Waals surface area contributed by atoms with E-state index in [0.717, 1.165) is 17.7 Å². The van der Waals surface area contributed by atoms with Gasteiger partial charge in [-0.25, -0.2) is 8.42 Å². The Morgan fingerprint density at radius 3 is 2.62 bits per heavy atom. The lowest BCUT2D eigenvalue weighted by Crippen LogP contribution is -2.11. The summed E-state index contributed by atoms with van der Waals surface area (Å²) in [5, 5.41) is 4.51. The minimum absolute atomic E-state index is 0.0963. The maximum atomic E-state index is 11.6. The summed E-state index contributed by atoms with van der Waals surface area (Å²) in [6.45, 7) is 2.11. The van der Waals surface area contributed by atoms with Gasteiger partial charge in [-0.1, -0.05) is 31.2 Å². The van der Waals surface area contributed by atoms with E-state index in [-0.39, 0.29) is 17.5 Å². The van der Waals surface area contributed by atoms with Crippen molar-refractivity contribution in [3.8, 4) is 11.3 Å². The first-order valence-electron chi connectivity index (χ1n) is 7.13. The molecule has 0 aliphatic carbocycles. The summed E-state index contributed by atoms with van der Waals surface area (Å²) < 4.78 is 24.9. The van der Waals surface area contributed by atoms with Crippen LogP contribution in [0.3, 0.4) is 0 Å². The molecule has 3 rings (SSSR count). The molecule has 1 atom stereocenters. The molecule has 2 N–H and O–H groups in total. The predicted octanol–water partition coefficient (Wildman–Crippen LogP) is 2.05. The largest absolute Gasteiger partial charge is 0.396 e. The lowest BCUT2D eigenvalue weighted by molar-refractivity contribution is 0.501. The first-order valence-corrected chi connectivity index (χ1v) is 8.95. The van der Waals surface area contributed by atoms with Crippen molar-refractivity contribution in [2.45, 2.75) is 25.8 Å². The van der Waals surface area contributed by atoms with Gasteiger partial charge in [0, 0.05) is 11.8 Å². The Morgan fingerprint density at radius 1 is 1.33 bits per heavy atom. The van der Waals surface area contributed by atoms with E-state index in [1.54, 1.807) is 10.9 Å². The number of nitrogen functional groups attached to an aromatic ring is 1. The van der Waals surface area contributed by atoms with Gasteiger partial charge >= 0.3 is 0 Å². The summed E-state index contributed by atoms with van der Waals surface area (Å²) in [5.74, 6) is 0.389. The number of aromatic nitrogens is 2. The van der Waals surface area contributed by atoms with Gasteiger partial charge in [-0.2, -0.15) is 5.10 Å². The summed E-state index contributed by atoms with van der Waals surface area (Å²) in [5.41, 5.74) is 9.58. The van der Waals surface area contributed by atoms with Gasteiger partial charge in [0.1, 0.15) is 5.69 Å². The fourth-order valence-corrected chi connectivity index (χ4v) is 4.40. The highest BCUT2D eigenvalue weighted by molar-refractivity contribution is 7.91. The topological polar surface area (TPSA) is 78.0 Å². The maximum absolute atomic E-state index is 11.6. The molecule has 1 aromatic carbocycles. The zero-order valence-corrected chi connectivity index (χ0v) is 12.8. The van der Waals surface area contributed by atoms with E-state index in [2.05, 4.69) is 24.2 Å². The van der Waals surface area contributed by atoms with E-state index < -0.39 is 9.84 Å². The minimum Gasteiger partial charge on any atom is -0.396 e. The third-order valence-electron chi connectivity index (χ3n) is 3.98. The van der Waals surface area contributed by atoms with Gasteiger partial charge < -0.3 is 5.73 Å². The molecule has 112 valence electrons. The maximum Gasteiger partial charge on any atom is 0.152 e. The smallest absolute Gasteiger partial charge is 0.152 e. The number of rotatable bonds is 3. The van der Waals surface area contributed by atoms with Crippen LogP contribution in [0.5, 0.6) is 0 Å². The second-order valence-electron chi connectivity index (χ2n) is 5.52. The van der Waals surface area contributed by atoms with Crippen molar-refractivity contribution in [2.24, 2.45) is 0 Å².